The molecule has 1 aromatic rings. The minimum absolute atomic E-state index is 0.233. The van der Waals surface area contributed by atoms with Gasteiger partial charge in [-0.1, -0.05) is 20.8 Å². The van der Waals surface area contributed by atoms with Crippen LogP contribution in [-0.2, 0) is 11.2 Å². The highest BCUT2D eigenvalue weighted by atomic mass is 16.5. The van der Waals surface area contributed by atoms with E-state index in [2.05, 4.69) is 4.98 Å². The number of carbonyl (C=O) groups excluding carboxylic acids is 1. The smallest absolute Gasteiger partial charge is 0.339 e. The van der Waals surface area contributed by atoms with Crippen LogP contribution in [0.15, 0.2) is 6.20 Å². The zero-order chi connectivity index (χ0) is 11.8. The predicted octanol–water partition coefficient (Wildman–Crippen LogP) is 3.09. The van der Waals surface area contributed by atoms with Crippen molar-refractivity contribution >= 4 is 5.97 Å². The van der Waals surface area contributed by atoms with E-state index < -0.39 is 0 Å². The van der Waals surface area contributed by atoms with Crippen LogP contribution < -0.4 is 0 Å². The van der Waals surface area contributed by atoms with Crippen LogP contribution in [0.3, 0.4) is 0 Å². The maximum absolute atomic E-state index is 11.4. The standard InChI is InChI=1S/C10H15NO2.C2H6/c1-4-8-7(3)11-6-9(8)10(12)13-5-2;1-2/h6,11H,4-5H2,1-3H3;1-2H3. The fourth-order valence-corrected chi connectivity index (χ4v) is 1.40. The summed E-state index contributed by atoms with van der Waals surface area (Å²) in [7, 11) is 0. The third kappa shape index (κ3) is 3.42. The van der Waals surface area contributed by atoms with Gasteiger partial charge in [-0.3, -0.25) is 0 Å². The average molecular weight is 211 g/mol. The molecule has 86 valence electrons. The summed E-state index contributed by atoms with van der Waals surface area (Å²) in [5.74, 6) is -0.233. The number of nitrogens with one attached hydrogen (secondary N) is 1. The number of rotatable bonds is 3. The highest BCUT2D eigenvalue weighted by Gasteiger charge is 2.14. The Hall–Kier alpha value is -1.25. The van der Waals surface area contributed by atoms with Gasteiger partial charge in [-0.25, -0.2) is 4.79 Å². The maximum Gasteiger partial charge on any atom is 0.339 e. The Bertz CT molecular complexity index is 303. The second kappa shape index (κ2) is 7.10. The lowest BCUT2D eigenvalue weighted by molar-refractivity contribution is 0.0525. The largest absolute Gasteiger partial charge is 0.462 e. The second-order valence-corrected chi connectivity index (χ2v) is 2.88. The Morgan fingerprint density at radius 2 is 2.00 bits per heavy atom. The van der Waals surface area contributed by atoms with Gasteiger partial charge in [-0.2, -0.15) is 0 Å². The molecule has 0 aromatic carbocycles. The van der Waals surface area contributed by atoms with Gasteiger partial charge in [0.15, 0.2) is 0 Å². The molecular formula is C12H21NO2. The number of ether oxygens (including phenoxy) is 1. The lowest BCUT2D eigenvalue weighted by atomic mass is 10.1. The van der Waals surface area contributed by atoms with Crippen LogP contribution in [0.2, 0.25) is 0 Å². The summed E-state index contributed by atoms with van der Waals surface area (Å²) in [5.41, 5.74) is 2.77. The first-order valence-corrected chi connectivity index (χ1v) is 5.54. The van der Waals surface area contributed by atoms with Crippen molar-refractivity contribution in [2.75, 3.05) is 6.61 Å². The predicted molar refractivity (Wildman–Crippen MR) is 62.2 cm³/mol. The van der Waals surface area contributed by atoms with Gasteiger partial charge in [0.25, 0.3) is 0 Å². The van der Waals surface area contributed by atoms with Gasteiger partial charge in [0.1, 0.15) is 0 Å². The summed E-state index contributed by atoms with van der Waals surface area (Å²) in [6.07, 6.45) is 2.57. The molecule has 0 spiro atoms. The molecule has 1 heterocycles. The normalized spacial score (nSPS) is 9.13. The Labute approximate surface area is 91.8 Å². The Kier molecular flexibility index (Phi) is 6.50. The minimum atomic E-state index is -0.233. The van der Waals surface area contributed by atoms with Crippen molar-refractivity contribution in [3.05, 3.63) is 23.0 Å². The molecule has 0 radical (unpaired) electrons. The molecule has 3 heteroatoms. The zero-order valence-electron chi connectivity index (χ0n) is 10.3. The summed E-state index contributed by atoms with van der Waals surface area (Å²) in [5, 5.41) is 0. The quantitative estimate of drug-likeness (QED) is 0.781. The third-order valence-corrected chi connectivity index (χ3v) is 2.06. The molecule has 0 amide bonds. The van der Waals surface area contributed by atoms with Gasteiger partial charge in [-0.15, -0.1) is 0 Å². The molecule has 1 N–H and O–H groups in total. The molecule has 0 aliphatic heterocycles. The summed E-state index contributed by atoms with van der Waals surface area (Å²) >= 11 is 0. The van der Waals surface area contributed by atoms with Gasteiger partial charge in [0.05, 0.1) is 12.2 Å². The Balaban J connectivity index is 0.000000921. The van der Waals surface area contributed by atoms with Gasteiger partial charge in [-0.05, 0) is 25.8 Å². The van der Waals surface area contributed by atoms with E-state index in [1.165, 1.54) is 0 Å². The van der Waals surface area contributed by atoms with Crippen LogP contribution in [-0.4, -0.2) is 17.6 Å². The molecular weight excluding hydrogens is 190 g/mol. The number of hydrogen-bond acceptors (Lipinski definition) is 2. The molecule has 0 saturated heterocycles. The number of esters is 1. The minimum Gasteiger partial charge on any atom is -0.462 e. The summed E-state index contributed by atoms with van der Waals surface area (Å²) < 4.78 is 4.92. The van der Waals surface area contributed by atoms with E-state index in [-0.39, 0.29) is 5.97 Å². The van der Waals surface area contributed by atoms with Crippen LogP contribution in [0.25, 0.3) is 0 Å². The Morgan fingerprint density at radius 1 is 1.40 bits per heavy atom. The van der Waals surface area contributed by atoms with Crippen LogP contribution >= 0.6 is 0 Å². The molecule has 0 atom stereocenters. The molecule has 1 aromatic heterocycles. The van der Waals surface area contributed by atoms with Crippen LogP contribution in [0, 0.1) is 6.92 Å². The fourth-order valence-electron chi connectivity index (χ4n) is 1.40. The van der Waals surface area contributed by atoms with E-state index in [1.54, 1.807) is 6.20 Å². The van der Waals surface area contributed by atoms with Gasteiger partial charge >= 0.3 is 5.97 Å². The van der Waals surface area contributed by atoms with Crippen molar-refractivity contribution in [3.8, 4) is 0 Å². The van der Waals surface area contributed by atoms with Crippen LogP contribution in [0.4, 0.5) is 0 Å². The summed E-state index contributed by atoms with van der Waals surface area (Å²) in [4.78, 5) is 14.4. The first-order chi connectivity index (χ1) is 7.20. The Morgan fingerprint density at radius 3 is 2.47 bits per heavy atom. The van der Waals surface area contributed by atoms with Gasteiger partial charge in [0, 0.05) is 11.9 Å². The van der Waals surface area contributed by atoms with Crippen molar-refractivity contribution < 1.29 is 9.53 Å². The molecule has 0 fully saturated rings. The summed E-state index contributed by atoms with van der Waals surface area (Å²) in [6.45, 7) is 10.2. The summed E-state index contributed by atoms with van der Waals surface area (Å²) in [6, 6.07) is 0. The third-order valence-electron chi connectivity index (χ3n) is 2.06. The SMILES string of the molecule is CC.CCOC(=O)c1c[nH]c(C)c1CC. The van der Waals surface area contributed by atoms with Crippen molar-refractivity contribution in [2.24, 2.45) is 0 Å². The van der Waals surface area contributed by atoms with E-state index >= 15 is 0 Å². The first-order valence-electron chi connectivity index (χ1n) is 5.54. The molecule has 0 unspecified atom stereocenters. The first kappa shape index (κ1) is 13.8. The van der Waals surface area contributed by atoms with E-state index in [9.17, 15) is 4.79 Å². The topological polar surface area (TPSA) is 42.1 Å². The lowest BCUT2D eigenvalue weighted by Crippen LogP contribution is -2.05. The van der Waals surface area contributed by atoms with Crippen molar-refractivity contribution in [1.29, 1.82) is 0 Å². The van der Waals surface area contributed by atoms with E-state index in [0.717, 1.165) is 17.7 Å². The van der Waals surface area contributed by atoms with Crippen LogP contribution in [0.1, 0.15) is 49.3 Å². The number of H-pyrrole nitrogens is 1. The lowest BCUT2D eigenvalue weighted by Gasteiger charge is -2.01. The van der Waals surface area contributed by atoms with Crippen molar-refractivity contribution in [3.63, 3.8) is 0 Å². The van der Waals surface area contributed by atoms with Gasteiger partial charge < -0.3 is 9.72 Å². The number of carbonyl (C=O) groups is 1. The number of aromatic amines is 1. The maximum atomic E-state index is 11.4. The molecule has 3 nitrogen and oxygen atoms in total. The van der Waals surface area contributed by atoms with Gasteiger partial charge in [0.2, 0.25) is 0 Å². The number of hydrogen-bond donors (Lipinski definition) is 1. The monoisotopic (exact) mass is 211 g/mol. The van der Waals surface area contributed by atoms with Crippen molar-refractivity contribution in [2.45, 2.75) is 41.0 Å². The van der Waals surface area contributed by atoms with Crippen LogP contribution in [0.5, 0.6) is 0 Å². The molecule has 15 heavy (non-hydrogen) atoms. The zero-order valence-corrected chi connectivity index (χ0v) is 10.3. The molecule has 0 aliphatic rings. The molecule has 0 aliphatic carbocycles. The second-order valence-electron chi connectivity index (χ2n) is 2.88. The van der Waals surface area contributed by atoms with E-state index in [4.69, 9.17) is 4.74 Å². The highest BCUT2D eigenvalue weighted by Crippen LogP contribution is 2.14. The van der Waals surface area contributed by atoms with E-state index in [0.29, 0.717) is 12.2 Å². The number of aryl methyl sites for hydroxylation is 1. The fraction of sp³-hybridized carbons (Fsp3) is 0.583. The molecule has 1 rings (SSSR count). The van der Waals surface area contributed by atoms with E-state index in [1.807, 2.05) is 34.6 Å². The molecule has 0 bridgehead atoms. The number of aromatic nitrogens is 1. The highest BCUT2D eigenvalue weighted by molar-refractivity contribution is 5.91. The average Bonchev–Trinajstić information content (AvgIpc) is 2.63. The van der Waals surface area contributed by atoms with Crippen molar-refractivity contribution in [1.82, 2.24) is 4.98 Å². The molecule has 0 saturated carbocycles.